The van der Waals surface area contributed by atoms with Crippen LogP contribution < -0.4 is 5.69 Å². The number of carboxylic acids is 1. The maximum atomic E-state index is 13.2. The van der Waals surface area contributed by atoms with Crippen LogP contribution in [0, 0.1) is 11.8 Å². The molecule has 2 aromatic heterocycles. The third-order valence-electron chi connectivity index (χ3n) is 6.67. The van der Waals surface area contributed by atoms with Gasteiger partial charge in [0.05, 0.1) is 21.2 Å². The Hall–Kier alpha value is -2.36. The van der Waals surface area contributed by atoms with Crippen LogP contribution in [-0.4, -0.2) is 39.4 Å². The van der Waals surface area contributed by atoms with Crippen LogP contribution in [0.5, 0.6) is 0 Å². The molecule has 4 rings (SSSR count). The van der Waals surface area contributed by atoms with E-state index >= 15 is 0 Å². The van der Waals surface area contributed by atoms with Crippen molar-refractivity contribution in [2.75, 3.05) is 5.75 Å². The Morgan fingerprint density at radius 3 is 2.62 bits per heavy atom. The Labute approximate surface area is 207 Å². The van der Waals surface area contributed by atoms with Crippen molar-refractivity contribution >= 4 is 50.2 Å². The number of rotatable bonds is 6. The lowest BCUT2D eigenvalue weighted by Crippen LogP contribution is -2.29. The summed E-state index contributed by atoms with van der Waals surface area (Å²) in [5.41, 5.74) is 0.516. The molecule has 1 fully saturated rings. The summed E-state index contributed by atoms with van der Waals surface area (Å²) in [6.07, 6.45) is 4.16. The highest BCUT2D eigenvalue weighted by Crippen LogP contribution is 2.37. The molecule has 3 unspecified atom stereocenters. The Morgan fingerprint density at radius 2 is 1.91 bits per heavy atom. The number of carbonyl (C=O) groups is 1. The van der Waals surface area contributed by atoms with Crippen molar-refractivity contribution < 1.29 is 18.3 Å². The summed E-state index contributed by atoms with van der Waals surface area (Å²) in [6, 6.07) is 7.53. The maximum absolute atomic E-state index is 13.2. The molecule has 34 heavy (non-hydrogen) atoms. The average Bonchev–Trinajstić information content (AvgIpc) is 2.90. The molecule has 0 aliphatic heterocycles. The van der Waals surface area contributed by atoms with Crippen LogP contribution in [0.4, 0.5) is 0 Å². The topological polar surface area (TPSA) is 111 Å². The number of sulfone groups is 1. The van der Waals surface area contributed by atoms with Crippen molar-refractivity contribution in [3.05, 3.63) is 57.1 Å². The molecule has 3 atom stereocenters. The van der Waals surface area contributed by atoms with Gasteiger partial charge in [-0.2, -0.15) is 0 Å². The Morgan fingerprint density at radius 1 is 1.18 bits per heavy atom. The summed E-state index contributed by atoms with van der Waals surface area (Å²) in [5.74, 6) is -1.15. The van der Waals surface area contributed by atoms with Crippen LogP contribution in [0.15, 0.2) is 46.2 Å². The average molecular weight is 526 g/mol. The van der Waals surface area contributed by atoms with E-state index in [2.05, 4.69) is 4.98 Å². The highest BCUT2D eigenvalue weighted by Gasteiger charge is 2.32. The molecule has 0 spiro atoms. The summed E-state index contributed by atoms with van der Waals surface area (Å²) in [4.78, 5) is 28.9. The van der Waals surface area contributed by atoms with Crippen LogP contribution in [0.25, 0.3) is 11.2 Å². The first-order valence-electron chi connectivity index (χ1n) is 11.0. The summed E-state index contributed by atoms with van der Waals surface area (Å²) in [5, 5.41) is 9.74. The van der Waals surface area contributed by atoms with Gasteiger partial charge in [0, 0.05) is 17.3 Å². The fraction of sp³-hybridized carbons (Fsp3) is 0.435. The number of imidazole rings is 1. The van der Waals surface area contributed by atoms with Gasteiger partial charge < -0.3 is 5.11 Å². The van der Waals surface area contributed by atoms with Gasteiger partial charge in [0.2, 0.25) is 0 Å². The van der Waals surface area contributed by atoms with E-state index in [1.165, 1.54) is 22.8 Å². The van der Waals surface area contributed by atoms with Gasteiger partial charge >= 0.3 is 11.7 Å². The molecule has 182 valence electrons. The minimum absolute atomic E-state index is 0.0455. The summed E-state index contributed by atoms with van der Waals surface area (Å²) in [6.45, 7) is 1.58. The number of aliphatic carboxylic acids is 1. The first kappa shape index (κ1) is 24.8. The van der Waals surface area contributed by atoms with Crippen LogP contribution in [0.2, 0.25) is 10.0 Å². The molecule has 0 bridgehead atoms. The number of halogens is 2. The van der Waals surface area contributed by atoms with Crippen molar-refractivity contribution in [2.24, 2.45) is 11.8 Å². The quantitative estimate of drug-likeness (QED) is 0.476. The molecule has 0 saturated heterocycles. The van der Waals surface area contributed by atoms with Crippen molar-refractivity contribution in [1.82, 2.24) is 14.1 Å². The minimum atomic E-state index is -3.63. The first-order chi connectivity index (χ1) is 16.1. The number of nitrogens with zero attached hydrogens (tertiary/aromatic N) is 3. The van der Waals surface area contributed by atoms with E-state index < -0.39 is 28.0 Å². The maximum Gasteiger partial charge on any atom is 0.331 e. The molecule has 1 aliphatic rings. The lowest BCUT2D eigenvalue weighted by Gasteiger charge is -2.21. The van der Waals surface area contributed by atoms with Gasteiger partial charge in [-0.3, -0.25) is 13.9 Å². The van der Waals surface area contributed by atoms with Gasteiger partial charge in [0.1, 0.15) is 6.54 Å². The van der Waals surface area contributed by atoms with Crippen LogP contribution in [0.1, 0.15) is 38.6 Å². The molecule has 0 amide bonds. The van der Waals surface area contributed by atoms with Crippen molar-refractivity contribution in [1.29, 1.82) is 0 Å². The van der Waals surface area contributed by atoms with E-state index in [0.29, 0.717) is 35.4 Å². The third kappa shape index (κ3) is 4.87. The predicted molar refractivity (Wildman–Crippen MR) is 130 cm³/mol. The zero-order valence-electron chi connectivity index (χ0n) is 18.5. The SMILES string of the molecule is CC1CCC(n2c(=O)n(CC(=O)O)c3cccnc32)CCC1CS(=O)(=O)c1ccc(Cl)cc1Cl. The smallest absolute Gasteiger partial charge is 0.331 e. The van der Waals surface area contributed by atoms with Gasteiger partial charge in [-0.25, -0.2) is 18.2 Å². The van der Waals surface area contributed by atoms with Gasteiger partial charge in [-0.05, 0) is 67.9 Å². The van der Waals surface area contributed by atoms with Gasteiger partial charge in [0.15, 0.2) is 15.5 Å². The highest BCUT2D eigenvalue weighted by atomic mass is 35.5. The van der Waals surface area contributed by atoms with E-state index in [1.807, 2.05) is 6.92 Å². The molecule has 8 nitrogen and oxygen atoms in total. The second kappa shape index (κ2) is 9.71. The van der Waals surface area contributed by atoms with E-state index in [4.69, 9.17) is 23.2 Å². The van der Waals surface area contributed by atoms with Crippen molar-refractivity contribution in [3.63, 3.8) is 0 Å². The number of carboxylic acid groups (broad SMARTS) is 1. The number of benzene rings is 1. The standard InChI is InChI=1S/C23H25Cl2N3O5S/c1-14-4-7-17(28-22-19(3-2-10-26-22)27(23(28)31)12-21(29)30)8-5-15(14)13-34(32,33)20-9-6-16(24)11-18(20)25/h2-3,6,9-11,14-15,17H,4-5,7-8,12-13H2,1H3,(H,29,30). The van der Waals surface area contributed by atoms with E-state index in [9.17, 15) is 23.1 Å². The van der Waals surface area contributed by atoms with E-state index in [1.54, 1.807) is 22.9 Å². The van der Waals surface area contributed by atoms with Crippen LogP contribution >= 0.6 is 23.2 Å². The molecule has 1 aromatic carbocycles. The van der Waals surface area contributed by atoms with Crippen molar-refractivity contribution in [3.8, 4) is 0 Å². The first-order valence-corrected chi connectivity index (χ1v) is 13.4. The zero-order chi connectivity index (χ0) is 24.6. The van der Waals surface area contributed by atoms with Gasteiger partial charge in [-0.1, -0.05) is 30.1 Å². The minimum Gasteiger partial charge on any atom is -0.480 e. The molecule has 2 heterocycles. The lowest BCUT2D eigenvalue weighted by atomic mass is 9.91. The molecule has 1 N–H and O–H groups in total. The molecule has 3 aromatic rings. The largest absolute Gasteiger partial charge is 0.480 e. The lowest BCUT2D eigenvalue weighted by molar-refractivity contribution is -0.137. The zero-order valence-corrected chi connectivity index (χ0v) is 20.9. The molecule has 1 aliphatic carbocycles. The Kier molecular flexibility index (Phi) is 7.07. The fourth-order valence-corrected chi connectivity index (χ4v) is 7.49. The second-order valence-electron chi connectivity index (χ2n) is 8.88. The summed E-state index contributed by atoms with van der Waals surface area (Å²) < 4.78 is 29.1. The molecule has 11 heteroatoms. The molecule has 0 radical (unpaired) electrons. The second-order valence-corrected chi connectivity index (χ2v) is 11.7. The molecule has 1 saturated carbocycles. The summed E-state index contributed by atoms with van der Waals surface area (Å²) >= 11 is 12.1. The molecular formula is C23H25Cl2N3O5S. The number of fused-ring (bicyclic) bond motifs is 1. The number of pyridine rings is 1. The van der Waals surface area contributed by atoms with E-state index in [0.717, 1.165) is 6.42 Å². The van der Waals surface area contributed by atoms with Crippen LogP contribution in [-0.2, 0) is 21.2 Å². The number of hydrogen-bond acceptors (Lipinski definition) is 5. The Bertz CT molecular complexity index is 1400. The summed E-state index contributed by atoms with van der Waals surface area (Å²) in [7, 11) is -3.63. The van der Waals surface area contributed by atoms with Gasteiger partial charge in [0.25, 0.3) is 0 Å². The predicted octanol–water partition coefficient (Wildman–Crippen LogP) is 4.43. The fourth-order valence-electron chi connectivity index (χ4n) is 4.86. The Balaban J connectivity index is 1.61. The van der Waals surface area contributed by atoms with E-state index in [-0.39, 0.29) is 33.5 Å². The molecular weight excluding hydrogens is 501 g/mol. The van der Waals surface area contributed by atoms with Gasteiger partial charge in [-0.15, -0.1) is 0 Å². The monoisotopic (exact) mass is 525 g/mol. The number of hydrogen-bond donors (Lipinski definition) is 1. The number of aromatic nitrogens is 3. The third-order valence-corrected chi connectivity index (χ3v) is 9.23. The normalized spacial score (nSPS) is 21.4. The van der Waals surface area contributed by atoms with Crippen LogP contribution in [0.3, 0.4) is 0 Å². The highest BCUT2D eigenvalue weighted by molar-refractivity contribution is 7.91. The van der Waals surface area contributed by atoms with Crippen molar-refractivity contribution in [2.45, 2.75) is 50.1 Å².